The first-order chi connectivity index (χ1) is 4.93. The molecule has 10 heavy (non-hydrogen) atoms. The van der Waals surface area contributed by atoms with Gasteiger partial charge in [-0.2, -0.15) is 0 Å². The maximum absolute atomic E-state index is 5.20. The zero-order chi connectivity index (χ0) is 7.23. The van der Waals surface area contributed by atoms with Crippen molar-refractivity contribution >= 4 is 0 Å². The Morgan fingerprint density at radius 1 is 1.70 bits per heavy atom. The lowest BCUT2D eigenvalue weighted by Crippen LogP contribution is -2.08. The van der Waals surface area contributed by atoms with E-state index in [2.05, 4.69) is 9.68 Å². The smallest absolute Gasteiger partial charge is 0.124 e. The average Bonchev–Trinajstić information content (AvgIpc) is 2.41. The van der Waals surface area contributed by atoms with E-state index in [-0.39, 0.29) is 0 Å². The van der Waals surface area contributed by atoms with Crippen molar-refractivity contribution in [2.45, 2.75) is 6.61 Å². The first kappa shape index (κ1) is 7.24. The normalized spacial score (nSPS) is 10.1. The minimum Gasteiger partial charge on any atom is -0.374 e. The van der Waals surface area contributed by atoms with E-state index in [1.165, 1.54) is 6.26 Å². The summed E-state index contributed by atoms with van der Waals surface area (Å²) in [5.41, 5.74) is 6.00. The maximum Gasteiger partial charge on any atom is 0.124 e. The first-order valence-corrected chi connectivity index (χ1v) is 3.10. The van der Waals surface area contributed by atoms with E-state index in [1.54, 1.807) is 6.07 Å². The van der Waals surface area contributed by atoms with Gasteiger partial charge in [-0.25, -0.2) is 0 Å². The van der Waals surface area contributed by atoms with Gasteiger partial charge in [0.05, 0.1) is 13.2 Å². The van der Waals surface area contributed by atoms with Gasteiger partial charge in [0.2, 0.25) is 0 Å². The highest BCUT2D eigenvalue weighted by atomic mass is 16.5. The zero-order valence-electron chi connectivity index (χ0n) is 5.62. The Labute approximate surface area is 58.9 Å². The Balaban J connectivity index is 2.15. The van der Waals surface area contributed by atoms with E-state index in [0.29, 0.717) is 19.8 Å². The Kier molecular flexibility index (Phi) is 2.92. The second kappa shape index (κ2) is 4.03. The fourth-order valence-corrected chi connectivity index (χ4v) is 0.572. The second-order valence-corrected chi connectivity index (χ2v) is 1.83. The van der Waals surface area contributed by atoms with Crippen molar-refractivity contribution in [2.24, 2.45) is 5.73 Å². The van der Waals surface area contributed by atoms with Crippen LogP contribution in [0, 0.1) is 0 Å². The van der Waals surface area contributed by atoms with Gasteiger partial charge in [-0.1, -0.05) is 5.16 Å². The molecule has 1 aromatic heterocycles. The van der Waals surface area contributed by atoms with Crippen LogP contribution in [-0.2, 0) is 11.3 Å². The Bertz CT molecular complexity index is 162. The topological polar surface area (TPSA) is 61.3 Å². The molecule has 0 aliphatic rings. The molecule has 0 aliphatic heterocycles. The lowest BCUT2D eigenvalue weighted by atomic mass is 10.5. The summed E-state index contributed by atoms with van der Waals surface area (Å²) in [5.74, 6) is 0. The number of ether oxygens (including phenoxy) is 1. The largest absolute Gasteiger partial charge is 0.374 e. The number of hydrogen-bond donors (Lipinski definition) is 1. The summed E-state index contributed by atoms with van der Waals surface area (Å²) < 4.78 is 9.66. The van der Waals surface area contributed by atoms with Crippen LogP contribution in [0.4, 0.5) is 0 Å². The van der Waals surface area contributed by atoms with Crippen LogP contribution >= 0.6 is 0 Å². The van der Waals surface area contributed by atoms with Crippen molar-refractivity contribution in [3.63, 3.8) is 0 Å². The minimum atomic E-state index is 0.480. The summed E-state index contributed by atoms with van der Waals surface area (Å²) >= 11 is 0. The van der Waals surface area contributed by atoms with Gasteiger partial charge in [-0.05, 0) is 0 Å². The van der Waals surface area contributed by atoms with Crippen molar-refractivity contribution in [3.8, 4) is 0 Å². The van der Waals surface area contributed by atoms with Gasteiger partial charge in [0.15, 0.2) is 0 Å². The Hall–Kier alpha value is -0.870. The lowest BCUT2D eigenvalue weighted by Gasteiger charge is -1.95. The monoisotopic (exact) mass is 142 g/mol. The van der Waals surface area contributed by atoms with Crippen molar-refractivity contribution in [2.75, 3.05) is 13.2 Å². The van der Waals surface area contributed by atoms with Crippen LogP contribution < -0.4 is 5.73 Å². The van der Waals surface area contributed by atoms with Gasteiger partial charge in [0.1, 0.15) is 12.0 Å². The molecule has 56 valence electrons. The third-order valence-corrected chi connectivity index (χ3v) is 1.00. The molecule has 0 amide bonds. The molecule has 0 saturated heterocycles. The van der Waals surface area contributed by atoms with Crippen LogP contribution in [0.3, 0.4) is 0 Å². The van der Waals surface area contributed by atoms with Crippen LogP contribution in [0.15, 0.2) is 16.9 Å². The van der Waals surface area contributed by atoms with Gasteiger partial charge in [-0.15, -0.1) is 0 Å². The van der Waals surface area contributed by atoms with E-state index in [9.17, 15) is 0 Å². The van der Waals surface area contributed by atoms with Gasteiger partial charge in [-0.3, -0.25) is 0 Å². The molecule has 1 heterocycles. The Morgan fingerprint density at radius 3 is 3.20 bits per heavy atom. The number of nitrogens with two attached hydrogens (primary N) is 1. The molecule has 0 radical (unpaired) electrons. The standard InChI is InChI=1S/C6H10N2O2/c7-2-4-9-5-6-1-3-10-8-6/h1,3H,2,4-5,7H2. The molecule has 1 rings (SSSR count). The second-order valence-electron chi connectivity index (χ2n) is 1.83. The van der Waals surface area contributed by atoms with E-state index in [4.69, 9.17) is 10.5 Å². The molecular weight excluding hydrogens is 132 g/mol. The fraction of sp³-hybridized carbons (Fsp3) is 0.500. The molecule has 2 N–H and O–H groups in total. The molecule has 0 aromatic carbocycles. The highest BCUT2D eigenvalue weighted by Crippen LogP contribution is 1.95. The fourth-order valence-electron chi connectivity index (χ4n) is 0.572. The first-order valence-electron chi connectivity index (χ1n) is 3.10. The van der Waals surface area contributed by atoms with E-state index in [0.717, 1.165) is 5.69 Å². The molecular formula is C6H10N2O2. The summed E-state index contributed by atoms with van der Waals surface area (Å²) in [7, 11) is 0. The highest BCUT2D eigenvalue weighted by molar-refractivity contribution is 4.92. The third kappa shape index (κ3) is 2.16. The van der Waals surface area contributed by atoms with Crippen LogP contribution in [0.1, 0.15) is 5.69 Å². The minimum absolute atomic E-state index is 0.480. The van der Waals surface area contributed by atoms with Crippen molar-refractivity contribution in [1.82, 2.24) is 5.16 Å². The molecule has 0 bridgehead atoms. The molecule has 0 unspecified atom stereocenters. The van der Waals surface area contributed by atoms with Crippen molar-refractivity contribution in [1.29, 1.82) is 0 Å². The predicted molar refractivity (Wildman–Crippen MR) is 35.2 cm³/mol. The molecule has 4 heteroatoms. The maximum atomic E-state index is 5.20. The van der Waals surface area contributed by atoms with Crippen molar-refractivity contribution in [3.05, 3.63) is 18.0 Å². The summed E-state index contributed by atoms with van der Waals surface area (Å²) in [5, 5.41) is 3.65. The zero-order valence-corrected chi connectivity index (χ0v) is 5.62. The number of aromatic nitrogens is 1. The summed E-state index contributed by atoms with van der Waals surface area (Å²) in [6.45, 7) is 1.58. The van der Waals surface area contributed by atoms with E-state index >= 15 is 0 Å². The van der Waals surface area contributed by atoms with E-state index in [1.807, 2.05) is 0 Å². The van der Waals surface area contributed by atoms with Crippen molar-refractivity contribution < 1.29 is 9.26 Å². The quantitative estimate of drug-likeness (QED) is 0.608. The van der Waals surface area contributed by atoms with Crippen LogP contribution in [0.25, 0.3) is 0 Å². The van der Waals surface area contributed by atoms with Gasteiger partial charge < -0.3 is 15.0 Å². The summed E-state index contributed by atoms with van der Waals surface area (Å²) in [6, 6.07) is 1.76. The number of hydrogen-bond acceptors (Lipinski definition) is 4. The molecule has 0 spiro atoms. The average molecular weight is 142 g/mol. The Morgan fingerprint density at radius 2 is 2.60 bits per heavy atom. The van der Waals surface area contributed by atoms with Gasteiger partial charge in [0, 0.05) is 12.6 Å². The molecule has 0 saturated carbocycles. The summed E-state index contributed by atoms with van der Waals surface area (Å²) in [6.07, 6.45) is 1.52. The lowest BCUT2D eigenvalue weighted by molar-refractivity contribution is 0.123. The molecule has 0 atom stereocenters. The van der Waals surface area contributed by atoms with Gasteiger partial charge >= 0.3 is 0 Å². The van der Waals surface area contributed by atoms with Crippen LogP contribution in [0.5, 0.6) is 0 Å². The predicted octanol–water partition coefficient (Wildman–Crippen LogP) is 0.150. The molecule has 4 nitrogen and oxygen atoms in total. The highest BCUT2D eigenvalue weighted by Gasteiger charge is 1.93. The molecule has 0 fully saturated rings. The van der Waals surface area contributed by atoms with Crippen LogP contribution in [-0.4, -0.2) is 18.3 Å². The number of nitrogens with zero attached hydrogens (tertiary/aromatic N) is 1. The van der Waals surface area contributed by atoms with Gasteiger partial charge in [0.25, 0.3) is 0 Å². The number of rotatable bonds is 4. The summed E-state index contributed by atoms with van der Waals surface area (Å²) in [4.78, 5) is 0. The third-order valence-electron chi connectivity index (χ3n) is 1.00. The molecule has 0 aliphatic carbocycles. The SMILES string of the molecule is NCCOCc1ccon1. The molecule has 1 aromatic rings. The van der Waals surface area contributed by atoms with Crippen LogP contribution in [0.2, 0.25) is 0 Å². The van der Waals surface area contributed by atoms with E-state index < -0.39 is 0 Å².